The maximum atomic E-state index is 13.8. The maximum absolute atomic E-state index is 13.8. The van der Waals surface area contributed by atoms with E-state index in [1.807, 2.05) is 26.8 Å². The van der Waals surface area contributed by atoms with Crippen molar-refractivity contribution in [2.75, 3.05) is 6.61 Å². The molecule has 1 aliphatic rings. The molecule has 0 aromatic heterocycles. The second-order valence-electron chi connectivity index (χ2n) is 6.07. The first-order valence-electron chi connectivity index (χ1n) is 7.11. The largest absolute Gasteiger partial charge is 0.461 e. The van der Waals surface area contributed by atoms with Crippen LogP contribution in [0.3, 0.4) is 0 Å². The fourth-order valence-electron chi connectivity index (χ4n) is 2.65. The van der Waals surface area contributed by atoms with Crippen molar-refractivity contribution < 1.29 is 18.7 Å². The Balaban J connectivity index is 2.98. The highest BCUT2D eigenvalue weighted by Gasteiger charge is 2.34. The van der Waals surface area contributed by atoms with Crippen LogP contribution in [0.15, 0.2) is 35.2 Å². The summed E-state index contributed by atoms with van der Waals surface area (Å²) in [5, 5.41) is 0. The van der Waals surface area contributed by atoms with Crippen LogP contribution in [0.1, 0.15) is 41.0 Å². The predicted octanol–water partition coefficient (Wildman–Crippen LogP) is 3.91. The van der Waals surface area contributed by atoms with Gasteiger partial charge in [0.05, 0.1) is 6.61 Å². The van der Waals surface area contributed by atoms with Crippen LogP contribution < -0.4 is 0 Å². The lowest BCUT2D eigenvalue weighted by atomic mass is 9.68. The summed E-state index contributed by atoms with van der Waals surface area (Å²) in [6.07, 6.45) is 5.54. The van der Waals surface area contributed by atoms with Crippen molar-refractivity contribution in [3.8, 4) is 0 Å². The molecule has 4 heteroatoms. The Bertz CT molecular complexity index is 524. The molecule has 0 saturated carbocycles. The van der Waals surface area contributed by atoms with Crippen molar-refractivity contribution in [2.45, 2.75) is 41.0 Å². The first-order valence-corrected chi connectivity index (χ1v) is 7.11. The van der Waals surface area contributed by atoms with Crippen LogP contribution in [0.4, 0.5) is 4.39 Å². The van der Waals surface area contributed by atoms with Crippen LogP contribution in [0.25, 0.3) is 0 Å². The van der Waals surface area contributed by atoms with E-state index in [1.54, 1.807) is 19.1 Å². The van der Waals surface area contributed by atoms with Gasteiger partial charge in [0.1, 0.15) is 0 Å². The van der Waals surface area contributed by atoms with Gasteiger partial charge in [-0.15, -0.1) is 0 Å². The molecule has 0 amide bonds. The molecule has 0 heterocycles. The molecule has 0 spiro atoms. The highest BCUT2D eigenvalue weighted by Crippen LogP contribution is 2.40. The van der Waals surface area contributed by atoms with Gasteiger partial charge in [-0.25, -0.2) is 4.79 Å². The molecule has 0 radical (unpaired) electrons. The Morgan fingerprint density at radius 2 is 2.14 bits per heavy atom. The van der Waals surface area contributed by atoms with Crippen molar-refractivity contribution >= 4 is 11.8 Å². The Morgan fingerprint density at radius 1 is 1.52 bits per heavy atom. The Labute approximate surface area is 125 Å². The maximum Gasteiger partial charge on any atom is 0.367 e. The number of ether oxygens (including phenoxy) is 1. The molecular weight excluding hydrogens is 271 g/mol. The molecule has 0 fully saturated rings. The number of carbonyl (C=O) groups excluding carboxylic acids is 2. The van der Waals surface area contributed by atoms with Gasteiger partial charge in [0, 0.05) is 12.3 Å². The van der Waals surface area contributed by atoms with Crippen molar-refractivity contribution in [3.05, 3.63) is 35.2 Å². The molecule has 0 aliphatic heterocycles. The van der Waals surface area contributed by atoms with Crippen LogP contribution in [0.5, 0.6) is 0 Å². The number of hydrogen-bond acceptors (Lipinski definition) is 3. The van der Waals surface area contributed by atoms with E-state index >= 15 is 0 Å². The van der Waals surface area contributed by atoms with E-state index in [0.717, 1.165) is 5.57 Å². The number of carbonyl (C=O) groups is 2. The number of esters is 1. The molecule has 1 unspecified atom stereocenters. The number of halogens is 1. The number of hydrogen-bond donors (Lipinski definition) is 0. The van der Waals surface area contributed by atoms with Crippen LogP contribution in [0, 0.1) is 11.3 Å². The van der Waals surface area contributed by atoms with Gasteiger partial charge < -0.3 is 4.74 Å². The highest BCUT2D eigenvalue weighted by molar-refractivity contribution is 5.92. The zero-order chi connectivity index (χ0) is 16.2. The minimum atomic E-state index is -0.940. The van der Waals surface area contributed by atoms with E-state index in [-0.39, 0.29) is 29.3 Å². The molecule has 0 aromatic carbocycles. The van der Waals surface area contributed by atoms with E-state index in [4.69, 9.17) is 0 Å². The summed E-state index contributed by atoms with van der Waals surface area (Å²) in [5.41, 5.74) is 0.971. The molecule has 1 atom stereocenters. The normalized spacial score (nSPS) is 22.9. The summed E-state index contributed by atoms with van der Waals surface area (Å²) in [6.45, 7) is 9.22. The third-order valence-corrected chi connectivity index (χ3v) is 3.69. The molecule has 1 rings (SSSR count). The fraction of sp³-hybridized carbons (Fsp3) is 0.529. The van der Waals surface area contributed by atoms with Gasteiger partial charge in [0.25, 0.3) is 0 Å². The lowest BCUT2D eigenvalue weighted by Crippen LogP contribution is -2.30. The van der Waals surface area contributed by atoms with Crippen LogP contribution in [0.2, 0.25) is 0 Å². The number of allylic oxidation sites excluding steroid dienone is 5. The summed E-state index contributed by atoms with van der Waals surface area (Å²) >= 11 is 0. The van der Waals surface area contributed by atoms with Gasteiger partial charge in [0.15, 0.2) is 5.78 Å². The molecule has 1 aliphatic carbocycles. The molecular formula is C17H23FO3. The second kappa shape index (κ2) is 6.83. The average Bonchev–Trinajstić information content (AvgIpc) is 2.35. The number of rotatable bonds is 4. The molecule has 0 N–H and O–H groups in total. The van der Waals surface area contributed by atoms with E-state index in [9.17, 15) is 14.0 Å². The van der Waals surface area contributed by atoms with E-state index in [2.05, 4.69) is 4.74 Å². The van der Waals surface area contributed by atoms with Gasteiger partial charge >= 0.3 is 5.97 Å². The average molecular weight is 294 g/mol. The van der Waals surface area contributed by atoms with Gasteiger partial charge in [-0.2, -0.15) is 4.39 Å². The first-order chi connectivity index (χ1) is 9.69. The third kappa shape index (κ3) is 4.38. The van der Waals surface area contributed by atoms with Gasteiger partial charge in [-0.1, -0.05) is 31.6 Å². The fourth-order valence-corrected chi connectivity index (χ4v) is 2.65. The summed E-state index contributed by atoms with van der Waals surface area (Å²) < 4.78 is 18.4. The minimum absolute atomic E-state index is 0.0418. The zero-order valence-electron chi connectivity index (χ0n) is 13.3. The van der Waals surface area contributed by atoms with E-state index in [1.165, 1.54) is 6.92 Å². The summed E-state index contributed by atoms with van der Waals surface area (Å²) in [4.78, 5) is 22.9. The summed E-state index contributed by atoms with van der Waals surface area (Å²) in [7, 11) is 0. The first kappa shape index (κ1) is 17.3. The monoisotopic (exact) mass is 294 g/mol. The zero-order valence-corrected chi connectivity index (χ0v) is 13.3. The Morgan fingerprint density at radius 3 is 2.67 bits per heavy atom. The smallest absolute Gasteiger partial charge is 0.367 e. The molecule has 0 bridgehead atoms. The second-order valence-corrected chi connectivity index (χ2v) is 6.07. The standard InChI is InChI=1S/C17H23FO3/c1-6-21-16(20)15(18)11(2)7-8-14-12(3)9-13(19)10-17(14,4)5/h7-9,14H,6,10H2,1-5H3/b8-7+,15-11-. The lowest BCUT2D eigenvalue weighted by Gasteiger charge is -2.35. The summed E-state index contributed by atoms with van der Waals surface area (Å²) in [6, 6.07) is 0. The topological polar surface area (TPSA) is 43.4 Å². The molecule has 0 saturated heterocycles. The van der Waals surface area contributed by atoms with Gasteiger partial charge in [-0.05, 0) is 37.8 Å². The predicted molar refractivity (Wildman–Crippen MR) is 80.2 cm³/mol. The van der Waals surface area contributed by atoms with Crippen molar-refractivity contribution in [3.63, 3.8) is 0 Å². The molecule has 21 heavy (non-hydrogen) atoms. The van der Waals surface area contributed by atoms with Crippen LogP contribution >= 0.6 is 0 Å². The van der Waals surface area contributed by atoms with Crippen molar-refractivity contribution in [1.82, 2.24) is 0 Å². The molecule has 116 valence electrons. The molecule has 3 nitrogen and oxygen atoms in total. The van der Waals surface area contributed by atoms with Crippen LogP contribution in [-0.4, -0.2) is 18.4 Å². The van der Waals surface area contributed by atoms with Gasteiger partial charge in [-0.3, -0.25) is 4.79 Å². The third-order valence-electron chi connectivity index (χ3n) is 3.69. The quantitative estimate of drug-likeness (QED) is 0.448. The molecule has 0 aromatic rings. The van der Waals surface area contributed by atoms with Crippen molar-refractivity contribution in [1.29, 1.82) is 0 Å². The van der Waals surface area contributed by atoms with E-state index in [0.29, 0.717) is 6.42 Å². The van der Waals surface area contributed by atoms with Gasteiger partial charge in [0.2, 0.25) is 5.83 Å². The highest BCUT2D eigenvalue weighted by atomic mass is 19.1. The SMILES string of the molecule is CCOC(=O)/C(F)=C(C)/C=C/C1C(C)=CC(=O)CC1(C)C. The summed E-state index contributed by atoms with van der Waals surface area (Å²) in [5.74, 6) is -1.66. The lowest BCUT2D eigenvalue weighted by molar-refractivity contribution is -0.140. The number of ketones is 1. The minimum Gasteiger partial charge on any atom is -0.461 e. The Kier molecular flexibility index (Phi) is 5.64. The Hall–Kier alpha value is -1.71. The van der Waals surface area contributed by atoms with E-state index < -0.39 is 11.8 Å². The van der Waals surface area contributed by atoms with Crippen LogP contribution in [-0.2, 0) is 14.3 Å². The van der Waals surface area contributed by atoms with Crippen molar-refractivity contribution in [2.24, 2.45) is 11.3 Å².